The molecule has 1 aliphatic rings. The first-order valence-corrected chi connectivity index (χ1v) is 8.85. The van der Waals surface area contributed by atoms with Crippen molar-refractivity contribution in [3.63, 3.8) is 0 Å². The molecule has 0 saturated heterocycles. The zero-order chi connectivity index (χ0) is 17.4. The maximum absolute atomic E-state index is 13.5. The van der Waals surface area contributed by atoms with Crippen LogP contribution >= 0.6 is 0 Å². The van der Waals surface area contributed by atoms with Crippen LogP contribution in [0.3, 0.4) is 0 Å². The molecule has 0 saturated carbocycles. The topological polar surface area (TPSA) is 0 Å². The van der Waals surface area contributed by atoms with Crippen molar-refractivity contribution in [2.45, 2.75) is 32.6 Å². The van der Waals surface area contributed by atoms with Crippen molar-refractivity contribution in [2.75, 3.05) is 0 Å². The molecule has 0 bridgehead atoms. The first-order valence-electron chi connectivity index (χ1n) is 8.85. The predicted molar refractivity (Wildman–Crippen MR) is 98.6 cm³/mol. The van der Waals surface area contributed by atoms with Gasteiger partial charge in [-0.05, 0) is 70.3 Å². The lowest BCUT2D eigenvalue weighted by Gasteiger charge is -2.21. The minimum atomic E-state index is -0.540. The van der Waals surface area contributed by atoms with E-state index in [1.54, 1.807) is 0 Å². The Labute approximate surface area is 147 Å². The van der Waals surface area contributed by atoms with Crippen molar-refractivity contribution in [2.24, 2.45) is 0 Å². The van der Waals surface area contributed by atoms with Crippen molar-refractivity contribution in [3.8, 4) is 22.3 Å². The zero-order valence-electron chi connectivity index (χ0n) is 14.3. The third-order valence-corrected chi connectivity index (χ3v) is 4.96. The van der Waals surface area contributed by atoms with Crippen LogP contribution in [0.1, 0.15) is 30.0 Å². The van der Waals surface area contributed by atoms with Gasteiger partial charge in [0.1, 0.15) is 11.6 Å². The number of halogens is 2. The second-order valence-corrected chi connectivity index (χ2v) is 6.77. The van der Waals surface area contributed by atoms with E-state index in [1.165, 1.54) is 39.9 Å². The molecule has 3 aromatic carbocycles. The lowest BCUT2D eigenvalue weighted by Crippen LogP contribution is -2.05. The number of hydrogen-bond acceptors (Lipinski definition) is 0. The van der Waals surface area contributed by atoms with Gasteiger partial charge in [-0.2, -0.15) is 0 Å². The van der Waals surface area contributed by atoms with Crippen LogP contribution in [0.5, 0.6) is 0 Å². The molecule has 0 N–H and O–H groups in total. The van der Waals surface area contributed by atoms with Gasteiger partial charge in [0.05, 0.1) is 0 Å². The van der Waals surface area contributed by atoms with Gasteiger partial charge in [-0.15, -0.1) is 0 Å². The minimum Gasteiger partial charge on any atom is -0.207 e. The highest BCUT2D eigenvalue weighted by atomic mass is 19.1. The van der Waals surface area contributed by atoms with E-state index in [2.05, 4.69) is 37.3 Å². The largest absolute Gasteiger partial charge is 0.207 e. The Morgan fingerprint density at radius 1 is 0.720 bits per heavy atom. The normalized spacial score (nSPS) is 12.6. The average molecular weight is 334 g/mol. The third-order valence-electron chi connectivity index (χ3n) is 4.96. The Hall–Kier alpha value is -2.48. The first kappa shape index (κ1) is 16.0. The van der Waals surface area contributed by atoms with E-state index in [4.69, 9.17) is 0 Å². The second-order valence-electron chi connectivity index (χ2n) is 6.77. The molecule has 0 aliphatic heterocycles. The summed E-state index contributed by atoms with van der Waals surface area (Å²) in [6.07, 6.45) is 4.25. The summed E-state index contributed by atoms with van der Waals surface area (Å²) in [6, 6.07) is 16.6. The van der Waals surface area contributed by atoms with Crippen LogP contribution in [0.25, 0.3) is 22.3 Å². The minimum absolute atomic E-state index is 0.540. The fraction of sp³-hybridized carbons (Fsp3) is 0.217. The first-order chi connectivity index (χ1) is 12.1. The Kier molecular flexibility index (Phi) is 4.12. The molecule has 0 amide bonds. The second kappa shape index (κ2) is 6.44. The number of hydrogen-bond donors (Lipinski definition) is 0. The van der Waals surface area contributed by atoms with Crippen molar-refractivity contribution >= 4 is 0 Å². The summed E-state index contributed by atoms with van der Waals surface area (Å²) in [7, 11) is 0. The monoisotopic (exact) mass is 334 g/mol. The van der Waals surface area contributed by atoms with Gasteiger partial charge in [-0.1, -0.05) is 49.7 Å². The summed E-state index contributed by atoms with van der Waals surface area (Å²) < 4.78 is 27.0. The van der Waals surface area contributed by atoms with Crippen molar-refractivity contribution in [3.05, 3.63) is 82.9 Å². The number of aryl methyl sites for hydroxylation is 3. The quantitative estimate of drug-likeness (QED) is 0.523. The van der Waals surface area contributed by atoms with Crippen LogP contribution < -0.4 is 0 Å². The van der Waals surface area contributed by atoms with E-state index in [0.29, 0.717) is 5.56 Å². The highest BCUT2D eigenvalue weighted by Gasteiger charge is 2.17. The number of fused-ring (bicyclic) bond motifs is 3. The molecule has 4 rings (SSSR count). The molecule has 3 aromatic rings. The molecule has 0 atom stereocenters. The summed E-state index contributed by atoms with van der Waals surface area (Å²) in [4.78, 5) is 0. The van der Waals surface area contributed by atoms with Gasteiger partial charge < -0.3 is 0 Å². The van der Waals surface area contributed by atoms with Crippen LogP contribution in [-0.4, -0.2) is 0 Å². The molecule has 126 valence electrons. The van der Waals surface area contributed by atoms with Crippen LogP contribution in [0.4, 0.5) is 8.78 Å². The number of rotatable bonds is 3. The highest BCUT2D eigenvalue weighted by molar-refractivity contribution is 5.77. The summed E-state index contributed by atoms with van der Waals surface area (Å²) >= 11 is 0. The van der Waals surface area contributed by atoms with E-state index < -0.39 is 11.6 Å². The molecule has 0 unspecified atom stereocenters. The van der Waals surface area contributed by atoms with Gasteiger partial charge in [-0.25, -0.2) is 8.78 Å². The van der Waals surface area contributed by atoms with Crippen molar-refractivity contribution in [1.82, 2.24) is 0 Å². The van der Waals surface area contributed by atoms with Crippen molar-refractivity contribution in [1.29, 1.82) is 0 Å². The fourth-order valence-corrected chi connectivity index (χ4v) is 3.79. The molecular formula is C23H20F2. The predicted octanol–water partition coefficient (Wildman–Crippen LogP) is 6.35. The van der Waals surface area contributed by atoms with E-state index in [1.807, 2.05) is 6.07 Å². The van der Waals surface area contributed by atoms with E-state index in [0.717, 1.165) is 37.3 Å². The summed E-state index contributed by atoms with van der Waals surface area (Å²) in [6.45, 7) is 2.20. The lowest BCUT2D eigenvalue weighted by molar-refractivity contribution is 0.584. The maximum atomic E-state index is 13.5. The molecule has 0 radical (unpaired) electrons. The fourth-order valence-electron chi connectivity index (χ4n) is 3.79. The van der Waals surface area contributed by atoms with Crippen LogP contribution in [0, 0.1) is 11.6 Å². The van der Waals surface area contributed by atoms with E-state index in [9.17, 15) is 8.78 Å². The Morgan fingerprint density at radius 2 is 1.36 bits per heavy atom. The van der Waals surface area contributed by atoms with Gasteiger partial charge in [0, 0.05) is 6.07 Å². The molecule has 2 heteroatoms. The molecule has 25 heavy (non-hydrogen) atoms. The van der Waals surface area contributed by atoms with E-state index >= 15 is 0 Å². The number of benzene rings is 3. The lowest BCUT2D eigenvalue weighted by atomic mass is 9.83. The van der Waals surface area contributed by atoms with Crippen LogP contribution in [0.15, 0.2) is 54.6 Å². The van der Waals surface area contributed by atoms with Gasteiger partial charge in [0.25, 0.3) is 0 Å². The standard InChI is InChI=1S/C23H20F2/c1-2-3-15-4-8-22-17(10-15)5-6-18-11-16(7-9-23(18)22)19-12-20(24)14-21(25)13-19/h4,7-14H,2-3,5-6H2,1H3. The SMILES string of the molecule is CCCc1ccc2c(c1)CCc1cc(-c3cc(F)cc(F)c3)ccc1-2. The van der Waals surface area contributed by atoms with E-state index in [-0.39, 0.29) is 0 Å². The van der Waals surface area contributed by atoms with Gasteiger partial charge in [0.15, 0.2) is 0 Å². The summed E-state index contributed by atoms with van der Waals surface area (Å²) in [5.41, 5.74) is 8.04. The smallest absolute Gasteiger partial charge is 0.126 e. The third kappa shape index (κ3) is 3.09. The van der Waals surface area contributed by atoms with Crippen LogP contribution in [-0.2, 0) is 19.3 Å². The Morgan fingerprint density at radius 3 is 2.04 bits per heavy atom. The summed E-state index contributed by atoms with van der Waals surface area (Å²) in [5, 5.41) is 0. The Balaban J connectivity index is 1.75. The highest BCUT2D eigenvalue weighted by Crippen LogP contribution is 2.36. The van der Waals surface area contributed by atoms with Gasteiger partial charge in [-0.3, -0.25) is 0 Å². The molecule has 0 aromatic heterocycles. The Bertz CT molecular complexity index is 921. The van der Waals surface area contributed by atoms with Crippen LogP contribution in [0.2, 0.25) is 0 Å². The molecule has 0 spiro atoms. The van der Waals surface area contributed by atoms with Crippen molar-refractivity contribution < 1.29 is 8.78 Å². The summed E-state index contributed by atoms with van der Waals surface area (Å²) in [5.74, 6) is -1.08. The average Bonchev–Trinajstić information content (AvgIpc) is 2.60. The zero-order valence-corrected chi connectivity index (χ0v) is 14.3. The maximum Gasteiger partial charge on any atom is 0.126 e. The van der Waals surface area contributed by atoms with Gasteiger partial charge >= 0.3 is 0 Å². The molecule has 0 nitrogen and oxygen atoms in total. The van der Waals surface area contributed by atoms with Gasteiger partial charge in [0.2, 0.25) is 0 Å². The molecular weight excluding hydrogens is 314 g/mol. The molecule has 1 aliphatic carbocycles. The molecule has 0 fully saturated rings. The molecule has 0 heterocycles.